The topological polar surface area (TPSA) is 41.5 Å². The monoisotopic (exact) mass is 129 g/mol. The molecule has 0 saturated carbocycles. The van der Waals surface area contributed by atoms with Crippen molar-refractivity contribution in [2.24, 2.45) is 0 Å². The van der Waals surface area contributed by atoms with Crippen LogP contribution in [0.1, 0.15) is 6.42 Å². The van der Waals surface area contributed by atoms with Crippen molar-refractivity contribution in [2.45, 2.75) is 12.6 Å². The zero-order chi connectivity index (χ0) is 6.69. The molecule has 0 radical (unpaired) electrons. The summed E-state index contributed by atoms with van der Waals surface area (Å²) in [5.74, 6) is 0.175. The van der Waals surface area contributed by atoms with Crippen LogP contribution < -0.4 is 5.32 Å². The van der Waals surface area contributed by atoms with Crippen molar-refractivity contribution in [3.05, 3.63) is 12.3 Å². The molecular weight excluding hydrogens is 118 g/mol. The molecule has 1 heterocycles. The van der Waals surface area contributed by atoms with Crippen LogP contribution in [-0.4, -0.2) is 24.5 Å². The van der Waals surface area contributed by atoms with Gasteiger partial charge in [0.1, 0.15) is 6.23 Å². The van der Waals surface area contributed by atoms with Gasteiger partial charge in [0, 0.05) is 13.0 Å². The SMILES string of the molecule is C=C(O)CC1NCCO1. The zero-order valence-electron chi connectivity index (χ0n) is 5.26. The predicted octanol–water partition coefficient (Wildman–Crippen LogP) is 0.394. The average Bonchev–Trinajstić information content (AvgIpc) is 2.15. The van der Waals surface area contributed by atoms with Crippen molar-refractivity contribution in [1.29, 1.82) is 0 Å². The predicted molar refractivity (Wildman–Crippen MR) is 34.1 cm³/mol. The Labute approximate surface area is 54.3 Å². The summed E-state index contributed by atoms with van der Waals surface area (Å²) in [5, 5.41) is 11.7. The van der Waals surface area contributed by atoms with Crippen LogP contribution in [0.5, 0.6) is 0 Å². The molecule has 3 nitrogen and oxygen atoms in total. The molecule has 1 aliphatic rings. The summed E-state index contributed by atoms with van der Waals surface area (Å²) in [4.78, 5) is 0. The molecule has 1 unspecified atom stereocenters. The summed E-state index contributed by atoms with van der Waals surface area (Å²) in [6.07, 6.45) is 0.488. The maximum atomic E-state index is 8.70. The number of hydrogen-bond donors (Lipinski definition) is 2. The first-order chi connectivity index (χ1) is 4.29. The molecule has 3 heteroatoms. The van der Waals surface area contributed by atoms with Gasteiger partial charge in [-0.05, 0) is 0 Å². The van der Waals surface area contributed by atoms with Crippen molar-refractivity contribution >= 4 is 0 Å². The standard InChI is InChI=1S/C6H11NO2/c1-5(8)4-6-7-2-3-9-6/h6-8H,1-4H2. The lowest BCUT2D eigenvalue weighted by Gasteiger charge is -2.06. The van der Waals surface area contributed by atoms with E-state index in [9.17, 15) is 0 Å². The Hall–Kier alpha value is -0.540. The van der Waals surface area contributed by atoms with E-state index in [1.807, 2.05) is 0 Å². The minimum Gasteiger partial charge on any atom is -0.513 e. The first-order valence-electron chi connectivity index (χ1n) is 3.01. The first-order valence-corrected chi connectivity index (χ1v) is 3.01. The van der Waals surface area contributed by atoms with E-state index in [-0.39, 0.29) is 12.0 Å². The fraction of sp³-hybridized carbons (Fsp3) is 0.667. The molecule has 0 aliphatic carbocycles. The Bertz CT molecular complexity index is 108. The molecule has 1 atom stereocenters. The highest BCUT2D eigenvalue weighted by atomic mass is 16.5. The lowest BCUT2D eigenvalue weighted by atomic mass is 10.3. The van der Waals surface area contributed by atoms with E-state index in [1.165, 1.54) is 0 Å². The van der Waals surface area contributed by atoms with E-state index in [0.29, 0.717) is 6.42 Å². The van der Waals surface area contributed by atoms with E-state index in [4.69, 9.17) is 9.84 Å². The van der Waals surface area contributed by atoms with Gasteiger partial charge in [-0.3, -0.25) is 5.32 Å². The molecular formula is C6H11NO2. The Morgan fingerprint density at radius 2 is 2.67 bits per heavy atom. The molecule has 9 heavy (non-hydrogen) atoms. The van der Waals surface area contributed by atoms with Crippen LogP contribution >= 0.6 is 0 Å². The zero-order valence-corrected chi connectivity index (χ0v) is 5.26. The molecule has 1 saturated heterocycles. The molecule has 1 aliphatic heterocycles. The minimum atomic E-state index is -0.0116. The van der Waals surface area contributed by atoms with Gasteiger partial charge < -0.3 is 9.84 Å². The van der Waals surface area contributed by atoms with E-state index in [2.05, 4.69) is 11.9 Å². The van der Waals surface area contributed by atoms with Gasteiger partial charge in [-0.25, -0.2) is 0 Å². The molecule has 1 fully saturated rings. The van der Waals surface area contributed by atoms with Crippen LogP contribution in [0.2, 0.25) is 0 Å². The quantitative estimate of drug-likeness (QED) is 0.530. The maximum Gasteiger partial charge on any atom is 0.115 e. The van der Waals surface area contributed by atoms with Crippen LogP contribution in [0.15, 0.2) is 12.3 Å². The van der Waals surface area contributed by atoms with Crippen molar-refractivity contribution < 1.29 is 9.84 Å². The number of nitrogens with one attached hydrogen (secondary N) is 1. The second kappa shape index (κ2) is 2.85. The van der Waals surface area contributed by atoms with Gasteiger partial charge >= 0.3 is 0 Å². The van der Waals surface area contributed by atoms with Crippen LogP contribution in [0.3, 0.4) is 0 Å². The third kappa shape index (κ3) is 2.03. The lowest BCUT2D eigenvalue weighted by molar-refractivity contribution is 0.0925. The van der Waals surface area contributed by atoms with Gasteiger partial charge in [-0.15, -0.1) is 0 Å². The summed E-state index contributed by atoms with van der Waals surface area (Å²) in [7, 11) is 0. The third-order valence-electron chi connectivity index (χ3n) is 1.21. The van der Waals surface area contributed by atoms with Crippen molar-refractivity contribution in [3.8, 4) is 0 Å². The van der Waals surface area contributed by atoms with E-state index >= 15 is 0 Å². The summed E-state index contributed by atoms with van der Waals surface area (Å²) in [6, 6.07) is 0. The van der Waals surface area contributed by atoms with Crippen molar-refractivity contribution in [1.82, 2.24) is 5.32 Å². The molecule has 0 aromatic heterocycles. The Balaban J connectivity index is 2.19. The molecule has 1 rings (SSSR count). The first kappa shape index (κ1) is 6.58. The van der Waals surface area contributed by atoms with Crippen LogP contribution in [0.25, 0.3) is 0 Å². The highest BCUT2D eigenvalue weighted by Gasteiger charge is 2.14. The second-order valence-electron chi connectivity index (χ2n) is 2.08. The highest BCUT2D eigenvalue weighted by Crippen LogP contribution is 2.04. The third-order valence-corrected chi connectivity index (χ3v) is 1.21. The van der Waals surface area contributed by atoms with Crippen molar-refractivity contribution in [2.75, 3.05) is 13.2 Å². The van der Waals surface area contributed by atoms with Crippen LogP contribution in [-0.2, 0) is 4.74 Å². The summed E-state index contributed by atoms with van der Waals surface area (Å²) < 4.78 is 5.13. The number of aliphatic hydroxyl groups is 1. The molecule has 52 valence electrons. The number of aliphatic hydroxyl groups excluding tert-OH is 1. The van der Waals surface area contributed by atoms with Crippen LogP contribution in [0, 0.1) is 0 Å². The van der Waals surface area contributed by atoms with E-state index in [1.54, 1.807) is 0 Å². The molecule has 0 aromatic carbocycles. The fourth-order valence-corrected chi connectivity index (χ4v) is 0.825. The summed E-state index contributed by atoms with van der Waals surface area (Å²) >= 11 is 0. The van der Waals surface area contributed by atoms with Gasteiger partial charge in [0.2, 0.25) is 0 Å². The van der Waals surface area contributed by atoms with E-state index in [0.717, 1.165) is 13.2 Å². The smallest absolute Gasteiger partial charge is 0.115 e. The summed E-state index contributed by atoms with van der Waals surface area (Å²) in [5.41, 5.74) is 0. The normalized spacial score (nSPS) is 26.4. The molecule has 0 aromatic rings. The molecule has 2 N–H and O–H groups in total. The Morgan fingerprint density at radius 3 is 3.11 bits per heavy atom. The summed E-state index contributed by atoms with van der Waals surface area (Å²) in [6.45, 7) is 4.96. The van der Waals surface area contributed by atoms with Gasteiger partial charge in [0.05, 0.1) is 12.4 Å². The van der Waals surface area contributed by atoms with Crippen LogP contribution in [0.4, 0.5) is 0 Å². The van der Waals surface area contributed by atoms with E-state index < -0.39 is 0 Å². The van der Waals surface area contributed by atoms with Gasteiger partial charge in [-0.1, -0.05) is 6.58 Å². The van der Waals surface area contributed by atoms with Gasteiger partial charge in [0.15, 0.2) is 0 Å². The molecule has 0 bridgehead atoms. The van der Waals surface area contributed by atoms with Gasteiger partial charge in [-0.2, -0.15) is 0 Å². The Morgan fingerprint density at radius 1 is 1.89 bits per heavy atom. The number of hydrogen-bond acceptors (Lipinski definition) is 3. The molecule has 0 amide bonds. The number of rotatable bonds is 2. The average molecular weight is 129 g/mol. The lowest BCUT2D eigenvalue weighted by Crippen LogP contribution is -2.22. The fourth-order valence-electron chi connectivity index (χ4n) is 0.825. The minimum absolute atomic E-state index is 0.0116. The van der Waals surface area contributed by atoms with Gasteiger partial charge in [0.25, 0.3) is 0 Å². The molecule has 0 spiro atoms. The van der Waals surface area contributed by atoms with Crippen molar-refractivity contribution in [3.63, 3.8) is 0 Å². The Kier molecular flexibility index (Phi) is 2.08. The second-order valence-corrected chi connectivity index (χ2v) is 2.08. The largest absolute Gasteiger partial charge is 0.513 e. The highest BCUT2D eigenvalue weighted by molar-refractivity contribution is 4.83. The maximum absolute atomic E-state index is 8.70. The number of ether oxygens (including phenoxy) is 1.